The maximum atomic E-state index is 13.8. The Balaban J connectivity index is 1.90. The van der Waals surface area contributed by atoms with Crippen LogP contribution in [-0.4, -0.2) is 39.7 Å². The molecule has 0 unspecified atom stereocenters. The largest absolute Gasteiger partial charge is 0.477 e. The lowest BCUT2D eigenvalue weighted by atomic mass is 9.87. The summed E-state index contributed by atoms with van der Waals surface area (Å²) in [5, 5.41) is 22.5. The summed E-state index contributed by atoms with van der Waals surface area (Å²) >= 11 is 0. The first-order chi connectivity index (χ1) is 20.9. The Kier molecular flexibility index (Phi) is 10.7. The number of halogens is 4. The van der Waals surface area contributed by atoms with E-state index in [4.69, 9.17) is 18.3 Å². The predicted molar refractivity (Wildman–Crippen MR) is 162 cm³/mol. The van der Waals surface area contributed by atoms with E-state index in [9.17, 15) is 41.9 Å². The Bertz CT molecular complexity index is 1670. The topological polar surface area (TPSA) is 146 Å². The Morgan fingerprint density at radius 1 is 0.935 bits per heavy atom. The molecule has 0 aliphatic carbocycles. The van der Waals surface area contributed by atoms with Gasteiger partial charge in [-0.2, -0.15) is 13.2 Å². The number of benzene rings is 2. The van der Waals surface area contributed by atoms with Gasteiger partial charge in [0.15, 0.2) is 7.85 Å². The molecule has 0 spiro atoms. The highest BCUT2D eigenvalue weighted by Crippen LogP contribution is 2.55. The van der Waals surface area contributed by atoms with Crippen LogP contribution in [0.1, 0.15) is 63.0 Å². The van der Waals surface area contributed by atoms with Gasteiger partial charge in [0, 0.05) is 23.5 Å². The molecule has 0 saturated heterocycles. The van der Waals surface area contributed by atoms with Crippen LogP contribution in [0.25, 0.3) is 0 Å². The lowest BCUT2D eigenvalue weighted by Crippen LogP contribution is -2.26. The zero-order valence-corrected chi connectivity index (χ0v) is 27.0. The third-order valence-corrected chi connectivity index (χ3v) is 7.58. The van der Waals surface area contributed by atoms with Crippen molar-refractivity contribution >= 4 is 27.3 Å². The van der Waals surface area contributed by atoms with Gasteiger partial charge in [0.1, 0.15) is 29.7 Å². The van der Waals surface area contributed by atoms with Crippen molar-refractivity contribution in [3.8, 4) is 11.5 Å². The van der Waals surface area contributed by atoms with Crippen molar-refractivity contribution < 1.29 is 55.4 Å². The molecule has 11 nitrogen and oxygen atoms in total. The quantitative estimate of drug-likeness (QED) is 0.110. The van der Waals surface area contributed by atoms with Crippen molar-refractivity contribution in [3.63, 3.8) is 0 Å². The van der Waals surface area contributed by atoms with Crippen molar-refractivity contribution in [1.82, 2.24) is 4.57 Å². The maximum Gasteiger partial charge on any atom is 0.477 e. The van der Waals surface area contributed by atoms with E-state index in [-0.39, 0.29) is 5.69 Å². The summed E-state index contributed by atoms with van der Waals surface area (Å²) in [6, 6.07) is 6.76. The van der Waals surface area contributed by atoms with Gasteiger partial charge in [-0.05, 0) is 84.0 Å². The van der Waals surface area contributed by atoms with E-state index >= 15 is 0 Å². The standard InChI is InChI=1S/C29H34BF4N2O9P/c1-26(2,3)44-46(41,45-27(4,5)6)42-16-36-12-11-19(15-24(36)37)35-25(38)20-9-7-17(29(32,33)34)13-23(20)43-22-10-8-18(31)14-21(22)28(30,39)40/h7-15,39-40H,16,30H2,1-6H3,(H,35,38). The number of nitrogens with zero attached hydrogens (tertiary/aromatic N) is 1. The number of phosphoric ester groups is 1. The summed E-state index contributed by atoms with van der Waals surface area (Å²) < 4.78 is 90.6. The highest BCUT2D eigenvalue weighted by atomic mass is 31.2. The van der Waals surface area contributed by atoms with Gasteiger partial charge < -0.3 is 20.3 Å². The second-order valence-electron chi connectivity index (χ2n) is 12.3. The minimum Gasteiger partial charge on any atom is -0.456 e. The van der Waals surface area contributed by atoms with E-state index in [0.29, 0.717) is 18.2 Å². The van der Waals surface area contributed by atoms with Crippen molar-refractivity contribution in [3.05, 3.63) is 87.6 Å². The molecule has 46 heavy (non-hydrogen) atoms. The molecule has 0 aliphatic heterocycles. The summed E-state index contributed by atoms with van der Waals surface area (Å²) in [5.74, 6) is -2.98. The van der Waals surface area contributed by atoms with Gasteiger partial charge >= 0.3 is 14.0 Å². The molecular formula is C29H34BF4N2O9P. The Hall–Kier alpha value is -3.53. The summed E-state index contributed by atoms with van der Waals surface area (Å²) in [4.78, 5) is 26.0. The molecule has 17 heteroatoms. The third-order valence-electron chi connectivity index (χ3n) is 5.61. The van der Waals surface area contributed by atoms with Crippen LogP contribution in [0.15, 0.2) is 59.5 Å². The molecule has 1 aromatic heterocycles. The first-order valence-corrected chi connectivity index (χ1v) is 15.1. The fourth-order valence-corrected chi connectivity index (χ4v) is 5.57. The normalized spacial score (nSPS) is 13.0. The Labute approximate surface area is 263 Å². The van der Waals surface area contributed by atoms with Gasteiger partial charge in [0.05, 0.1) is 22.3 Å². The number of hydrogen-bond acceptors (Lipinski definition) is 9. The van der Waals surface area contributed by atoms with Crippen LogP contribution >= 0.6 is 7.82 Å². The van der Waals surface area contributed by atoms with Gasteiger partial charge in [0.25, 0.3) is 11.5 Å². The average molecular weight is 672 g/mol. The predicted octanol–water partition coefficient (Wildman–Crippen LogP) is 5.49. The average Bonchev–Trinajstić information content (AvgIpc) is 2.85. The molecule has 3 N–H and O–H groups in total. The van der Waals surface area contributed by atoms with Crippen LogP contribution in [0.3, 0.4) is 0 Å². The minimum absolute atomic E-state index is 0.0714. The summed E-state index contributed by atoms with van der Waals surface area (Å²) in [5.41, 5.74) is -7.44. The number of carbonyl (C=O) groups is 1. The van der Waals surface area contributed by atoms with Crippen LogP contribution in [-0.2, 0) is 36.7 Å². The molecular weight excluding hydrogens is 638 g/mol. The number of nitrogens with one attached hydrogen (secondary N) is 1. The van der Waals surface area contributed by atoms with Gasteiger partial charge in [-0.3, -0.25) is 27.7 Å². The van der Waals surface area contributed by atoms with Crippen molar-refractivity contribution in [2.75, 3.05) is 5.32 Å². The van der Waals surface area contributed by atoms with Crippen LogP contribution in [0.5, 0.6) is 11.5 Å². The number of anilines is 1. The number of alkyl halides is 3. The van der Waals surface area contributed by atoms with Crippen LogP contribution in [0.2, 0.25) is 0 Å². The molecule has 0 bridgehead atoms. The number of phosphoric acid groups is 1. The Morgan fingerprint density at radius 2 is 1.54 bits per heavy atom. The molecule has 1 heterocycles. The molecule has 0 aliphatic rings. The molecule has 0 atom stereocenters. The molecule has 0 fully saturated rings. The number of pyridine rings is 1. The number of aromatic nitrogens is 1. The summed E-state index contributed by atoms with van der Waals surface area (Å²) in [6.07, 6.45) is -3.64. The number of rotatable bonds is 10. The van der Waals surface area contributed by atoms with Crippen LogP contribution < -0.4 is 15.6 Å². The molecule has 3 aromatic rings. The van der Waals surface area contributed by atoms with E-state index in [1.165, 1.54) is 12.3 Å². The van der Waals surface area contributed by atoms with Gasteiger partial charge in [-0.15, -0.1) is 0 Å². The van der Waals surface area contributed by atoms with Crippen molar-refractivity contribution in [2.45, 2.75) is 71.3 Å². The highest BCUT2D eigenvalue weighted by molar-refractivity contribution is 7.48. The van der Waals surface area contributed by atoms with Gasteiger partial charge in [0.2, 0.25) is 0 Å². The Morgan fingerprint density at radius 3 is 2.07 bits per heavy atom. The van der Waals surface area contributed by atoms with Crippen LogP contribution in [0, 0.1) is 5.82 Å². The van der Waals surface area contributed by atoms with Crippen molar-refractivity contribution in [1.29, 1.82) is 0 Å². The number of ether oxygens (including phenoxy) is 1. The van der Waals surface area contributed by atoms with E-state index in [0.717, 1.165) is 36.7 Å². The number of aliphatic hydroxyl groups is 2. The zero-order chi connectivity index (χ0) is 34.9. The van der Waals surface area contributed by atoms with Crippen molar-refractivity contribution in [2.24, 2.45) is 0 Å². The first kappa shape index (κ1) is 36.9. The van der Waals surface area contributed by atoms with E-state index in [1.807, 2.05) is 0 Å². The fraction of sp³-hybridized carbons (Fsp3) is 0.379. The number of carbonyl (C=O) groups excluding carboxylic acids is 1. The number of hydrogen-bond donors (Lipinski definition) is 3. The van der Waals surface area contributed by atoms with Crippen LogP contribution in [0.4, 0.5) is 23.2 Å². The minimum atomic E-state index is -4.84. The summed E-state index contributed by atoms with van der Waals surface area (Å²) in [6.45, 7) is 9.28. The lowest BCUT2D eigenvalue weighted by molar-refractivity contribution is -0.137. The highest BCUT2D eigenvalue weighted by Gasteiger charge is 2.37. The SMILES string of the molecule is BC(O)(O)c1cc(F)ccc1Oc1cc(C(F)(F)F)ccc1C(=O)Nc1ccn(COP(=O)(OC(C)(C)C)OC(C)(C)C)c(=O)c1. The molecule has 2 aromatic carbocycles. The smallest absolute Gasteiger partial charge is 0.456 e. The summed E-state index contributed by atoms with van der Waals surface area (Å²) in [7, 11) is -3.28. The molecule has 250 valence electrons. The molecule has 0 radical (unpaired) electrons. The van der Waals surface area contributed by atoms with Gasteiger partial charge in [-0.25, -0.2) is 8.96 Å². The third kappa shape index (κ3) is 10.5. The molecule has 3 rings (SSSR count). The van der Waals surface area contributed by atoms with E-state index in [1.54, 1.807) is 41.5 Å². The fourth-order valence-electron chi connectivity index (χ4n) is 3.82. The first-order valence-electron chi connectivity index (χ1n) is 13.7. The van der Waals surface area contributed by atoms with E-state index in [2.05, 4.69) is 5.32 Å². The zero-order valence-electron chi connectivity index (χ0n) is 26.1. The maximum absolute atomic E-state index is 13.8. The molecule has 0 saturated carbocycles. The lowest BCUT2D eigenvalue weighted by Gasteiger charge is -2.30. The second kappa shape index (κ2) is 13.3. The second-order valence-corrected chi connectivity index (χ2v) is 13.8. The number of amides is 1. The van der Waals surface area contributed by atoms with Gasteiger partial charge in [-0.1, -0.05) is 0 Å². The molecule has 1 amide bonds. The monoisotopic (exact) mass is 672 g/mol. The van der Waals surface area contributed by atoms with E-state index < -0.39 is 83.1 Å².